The van der Waals surface area contributed by atoms with Crippen LogP contribution in [-0.2, 0) is 6.54 Å². The fourth-order valence-corrected chi connectivity index (χ4v) is 2.75. The molecule has 0 N–H and O–H groups in total. The predicted octanol–water partition coefficient (Wildman–Crippen LogP) is 4.48. The summed E-state index contributed by atoms with van der Waals surface area (Å²) in [6, 6.07) is 5.85. The maximum atomic E-state index is 11.6. The molecule has 0 aliphatic carbocycles. The topological polar surface area (TPSA) is 29.5 Å². The first-order chi connectivity index (χ1) is 10.2. The molecular weight excluding hydrogens is 298 g/mol. The van der Waals surface area contributed by atoms with Gasteiger partial charge in [-0.1, -0.05) is 19.8 Å². The van der Waals surface area contributed by atoms with Crippen LogP contribution in [0.25, 0.3) is 0 Å². The number of benzene rings is 1. The number of carbonyl (C=O) groups excluding carboxylic acids is 1. The summed E-state index contributed by atoms with van der Waals surface area (Å²) in [5.41, 5.74) is 1.94. The summed E-state index contributed by atoms with van der Waals surface area (Å²) >= 11 is 0. The Kier molecular flexibility index (Phi) is 8.51. The lowest BCUT2D eigenvalue weighted by atomic mass is 10.0. The van der Waals surface area contributed by atoms with Gasteiger partial charge in [-0.2, -0.15) is 0 Å². The van der Waals surface area contributed by atoms with E-state index in [1.54, 1.807) is 6.92 Å². The highest BCUT2D eigenvalue weighted by Gasteiger charge is 2.14. The molecule has 124 valence electrons. The van der Waals surface area contributed by atoms with E-state index in [0.29, 0.717) is 0 Å². The van der Waals surface area contributed by atoms with Crippen LogP contribution in [0.4, 0.5) is 0 Å². The van der Waals surface area contributed by atoms with E-state index in [4.69, 9.17) is 4.74 Å². The maximum absolute atomic E-state index is 11.6. The van der Waals surface area contributed by atoms with Gasteiger partial charge >= 0.3 is 0 Å². The Balaban J connectivity index is 0.00000242. The Morgan fingerprint density at radius 3 is 2.59 bits per heavy atom. The number of Topliss-reactive ketones (excluding diaryl/α,β-unsaturated/α-hetero) is 1. The summed E-state index contributed by atoms with van der Waals surface area (Å²) in [6.07, 6.45) is 6.09. The number of hydrogen-bond donors (Lipinski definition) is 0. The highest BCUT2D eigenvalue weighted by atomic mass is 35.5. The van der Waals surface area contributed by atoms with Crippen molar-refractivity contribution in [1.82, 2.24) is 4.90 Å². The van der Waals surface area contributed by atoms with E-state index in [-0.39, 0.29) is 18.2 Å². The lowest BCUT2D eigenvalue weighted by Crippen LogP contribution is -2.29. The van der Waals surface area contributed by atoms with Gasteiger partial charge in [0.05, 0.1) is 6.61 Å². The number of halogens is 1. The first-order valence-corrected chi connectivity index (χ1v) is 8.19. The van der Waals surface area contributed by atoms with Crippen LogP contribution in [0, 0.1) is 0 Å². The van der Waals surface area contributed by atoms with Gasteiger partial charge in [0.25, 0.3) is 0 Å². The summed E-state index contributed by atoms with van der Waals surface area (Å²) in [5, 5.41) is 0. The molecule has 3 nitrogen and oxygen atoms in total. The third-order valence-corrected chi connectivity index (χ3v) is 4.07. The molecule has 1 saturated heterocycles. The van der Waals surface area contributed by atoms with Gasteiger partial charge in [-0.05, 0) is 57.5 Å². The number of likely N-dealkylation sites (tertiary alicyclic amines) is 1. The van der Waals surface area contributed by atoms with Crippen LogP contribution in [0.1, 0.15) is 61.9 Å². The Hall–Kier alpha value is -1.06. The molecular formula is C18H28ClNO2. The summed E-state index contributed by atoms with van der Waals surface area (Å²) in [4.78, 5) is 14.1. The van der Waals surface area contributed by atoms with Gasteiger partial charge < -0.3 is 4.74 Å². The van der Waals surface area contributed by atoms with E-state index in [1.807, 2.05) is 18.2 Å². The van der Waals surface area contributed by atoms with E-state index < -0.39 is 0 Å². The number of ketones is 1. The zero-order valence-corrected chi connectivity index (χ0v) is 14.6. The number of hydrogen-bond acceptors (Lipinski definition) is 3. The van der Waals surface area contributed by atoms with Crippen molar-refractivity contribution in [2.75, 3.05) is 19.7 Å². The molecule has 0 bridgehead atoms. The number of piperidine rings is 1. The summed E-state index contributed by atoms with van der Waals surface area (Å²) in [6.45, 7) is 7.73. The van der Waals surface area contributed by atoms with Gasteiger partial charge in [0, 0.05) is 17.7 Å². The van der Waals surface area contributed by atoms with E-state index in [9.17, 15) is 4.79 Å². The molecule has 0 saturated carbocycles. The van der Waals surface area contributed by atoms with Crippen molar-refractivity contribution in [2.24, 2.45) is 0 Å². The summed E-state index contributed by atoms with van der Waals surface area (Å²) in [5.74, 6) is 1.06. The first-order valence-electron chi connectivity index (χ1n) is 8.19. The van der Waals surface area contributed by atoms with Crippen molar-refractivity contribution in [3.8, 4) is 5.75 Å². The van der Waals surface area contributed by atoms with Crippen LogP contribution in [0.2, 0.25) is 0 Å². The van der Waals surface area contributed by atoms with E-state index in [2.05, 4.69) is 11.8 Å². The van der Waals surface area contributed by atoms with E-state index >= 15 is 0 Å². The van der Waals surface area contributed by atoms with Crippen LogP contribution in [0.5, 0.6) is 5.75 Å². The van der Waals surface area contributed by atoms with Crippen molar-refractivity contribution >= 4 is 18.2 Å². The third-order valence-electron chi connectivity index (χ3n) is 4.07. The average molecular weight is 326 g/mol. The van der Waals surface area contributed by atoms with E-state index in [0.717, 1.165) is 56.0 Å². The minimum Gasteiger partial charge on any atom is -0.493 e. The molecule has 0 spiro atoms. The summed E-state index contributed by atoms with van der Waals surface area (Å²) in [7, 11) is 0. The molecule has 0 radical (unpaired) electrons. The van der Waals surface area contributed by atoms with Crippen molar-refractivity contribution in [2.45, 2.75) is 52.5 Å². The Morgan fingerprint density at radius 2 is 1.95 bits per heavy atom. The summed E-state index contributed by atoms with van der Waals surface area (Å²) < 4.78 is 5.92. The van der Waals surface area contributed by atoms with Gasteiger partial charge in [0.1, 0.15) is 5.75 Å². The SMILES string of the molecule is CCCCOc1ccc(C(C)=O)cc1CN1CCCCC1.Cl. The lowest BCUT2D eigenvalue weighted by molar-refractivity contribution is 0.101. The number of rotatable bonds is 7. The Labute approximate surface area is 140 Å². The van der Waals surface area contributed by atoms with Gasteiger partial charge in [0.2, 0.25) is 0 Å². The molecule has 1 aromatic rings. The second-order valence-electron chi connectivity index (χ2n) is 5.92. The average Bonchev–Trinajstić information content (AvgIpc) is 2.50. The highest BCUT2D eigenvalue weighted by Crippen LogP contribution is 2.24. The maximum Gasteiger partial charge on any atom is 0.159 e. The van der Waals surface area contributed by atoms with Crippen molar-refractivity contribution < 1.29 is 9.53 Å². The molecule has 1 aliphatic heterocycles. The second kappa shape index (κ2) is 9.86. The largest absolute Gasteiger partial charge is 0.493 e. The van der Waals surface area contributed by atoms with Crippen molar-refractivity contribution in [3.63, 3.8) is 0 Å². The third kappa shape index (κ3) is 5.62. The molecule has 1 fully saturated rings. The van der Waals surface area contributed by atoms with Crippen LogP contribution in [-0.4, -0.2) is 30.4 Å². The van der Waals surface area contributed by atoms with E-state index in [1.165, 1.54) is 19.3 Å². The van der Waals surface area contributed by atoms with Crippen molar-refractivity contribution in [1.29, 1.82) is 0 Å². The van der Waals surface area contributed by atoms with Crippen LogP contribution in [0.15, 0.2) is 18.2 Å². The van der Waals surface area contributed by atoms with Crippen LogP contribution >= 0.6 is 12.4 Å². The number of ether oxygens (including phenoxy) is 1. The molecule has 4 heteroatoms. The fraction of sp³-hybridized carbons (Fsp3) is 0.611. The smallest absolute Gasteiger partial charge is 0.159 e. The normalized spacial score (nSPS) is 15.2. The highest BCUT2D eigenvalue weighted by molar-refractivity contribution is 5.94. The molecule has 1 aromatic carbocycles. The number of nitrogens with zero attached hydrogens (tertiary/aromatic N) is 1. The molecule has 0 amide bonds. The first kappa shape index (κ1) is 19.0. The minimum absolute atomic E-state index is 0. The molecule has 2 rings (SSSR count). The quantitative estimate of drug-likeness (QED) is 0.547. The molecule has 1 heterocycles. The Morgan fingerprint density at radius 1 is 1.23 bits per heavy atom. The van der Waals surface area contributed by atoms with Crippen LogP contribution in [0.3, 0.4) is 0 Å². The van der Waals surface area contributed by atoms with Crippen LogP contribution < -0.4 is 4.74 Å². The molecule has 0 atom stereocenters. The number of carbonyl (C=O) groups is 1. The van der Waals surface area contributed by atoms with Gasteiger partial charge in [-0.15, -0.1) is 12.4 Å². The van der Waals surface area contributed by atoms with Gasteiger partial charge in [0.15, 0.2) is 5.78 Å². The standard InChI is InChI=1S/C18H27NO2.ClH/c1-3-4-12-21-18-9-8-16(15(2)20)13-17(18)14-19-10-6-5-7-11-19;/h8-9,13H,3-7,10-12,14H2,1-2H3;1H. The van der Waals surface area contributed by atoms with Gasteiger partial charge in [-0.25, -0.2) is 0 Å². The predicted molar refractivity (Wildman–Crippen MR) is 93.2 cm³/mol. The zero-order chi connectivity index (χ0) is 15.1. The molecule has 0 unspecified atom stereocenters. The monoisotopic (exact) mass is 325 g/mol. The molecule has 0 aromatic heterocycles. The lowest BCUT2D eigenvalue weighted by Gasteiger charge is -2.27. The Bertz CT molecular complexity index is 470. The minimum atomic E-state index is 0. The molecule has 1 aliphatic rings. The van der Waals surface area contributed by atoms with Gasteiger partial charge in [-0.3, -0.25) is 9.69 Å². The molecule has 22 heavy (non-hydrogen) atoms. The fourth-order valence-electron chi connectivity index (χ4n) is 2.75. The van der Waals surface area contributed by atoms with Crippen molar-refractivity contribution in [3.05, 3.63) is 29.3 Å². The number of unbranched alkanes of at least 4 members (excludes halogenated alkanes) is 1. The second-order valence-corrected chi connectivity index (χ2v) is 5.92. The zero-order valence-electron chi connectivity index (χ0n) is 13.8.